The van der Waals surface area contributed by atoms with E-state index in [1.54, 1.807) is 18.3 Å². The molecule has 0 amide bonds. The van der Waals surface area contributed by atoms with Crippen molar-refractivity contribution in [1.82, 2.24) is 15.1 Å². The van der Waals surface area contributed by atoms with Crippen LogP contribution < -0.4 is 0 Å². The summed E-state index contributed by atoms with van der Waals surface area (Å²) in [5.74, 6) is 1.35. The molecule has 1 saturated carbocycles. The first-order valence-electron chi connectivity index (χ1n) is 11.0. The van der Waals surface area contributed by atoms with Gasteiger partial charge in [-0.05, 0) is 45.2 Å². The van der Waals surface area contributed by atoms with Crippen molar-refractivity contribution in [2.24, 2.45) is 5.92 Å². The molecule has 3 rings (SSSR count). The molecule has 164 valence electrons. The molecular weight excluding hydrogens is 402 g/mol. The van der Waals surface area contributed by atoms with Crippen LogP contribution in [0.25, 0.3) is 11.4 Å². The SMILES string of the molecule is CC(C)(C)OC(=O)CC(CCCC1CCCCC1)c1nc(-c2ccc(Cl)nc2)no1. The molecule has 1 fully saturated rings. The maximum Gasteiger partial charge on any atom is 0.307 e. The molecule has 1 unspecified atom stereocenters. The second-order valence-corrected chi connectivity index (χ2v) is 9.64. The fourth-order valence-corrected chi connectivity index (χ4v) is 4.16. The summed E-state index contributed by atoms with van der Waals surface area (Å²) in [5, 5.41) is 4.51. The number of hydrogen-bond acceptors (Lipinski definition) is 6. The number of ether oxygens (including phenoxy) is 1. The summed E-state index contributed by atoms with van der Waals surface area (Å²) in [6.07, 6.45) is 11.6. The highest BCUT2D eigenvalue weighted by Gasteiger charge is 2.26. The monoisotopic (exact) mass is 433 g/mol. The Kier molecular flexibility index (Phi) is 7.87. The quantitative estimate of drug-likeness (QED) is 0.356. The average molecular weight is 434 g/mol. The van der Waals surface area contributed by atoms with Crippen LogP contribution >= 0.6 is 11.6 Å². The lowest BCUT2D eigenvalue weighted by Gasteiger charge is -2.23. The average Bonchev–Trinajstić information content (AvgIpc) is 3.17. The zero-order chi connectivity index (χ0) is 21.6. The van der Waals surface area contributed by atoms with Crippen molar-refractivity contribution in [2.75, 3.05) is 0 Å². The van der Waals surface area contributed by atoms with Gasteiger partial charge in [-0.3, -0.25) is 4.79 Å². The Bertz CT molecular complexity index is 808. The van der Waals surface area contributed by atoms with Gasteiger partial charge in [-0.2, -0.15) is 4.98 Å². The second kappa shape index (κ2) is 10.4. The van der Waals surface area contributed by atoms with Gasteiger partial charge in [0.2, 0.25) is 11.7 Å². The van der Waals surface area contributed by atoms with Crippen molar-refractivity contribution >= 4 is 17.6 Å². The molecule has 0 saturated heterocycles. The third-order valence-corrected chi connectivity index (χ3v) is 5.72. The van der Waals surface area contributed by atoms with Crippen LogP contribution in [0, 0.1) is 5.92 Å². The van der Waals surface area contributed by atoms with Crippen LogP contribution in [0.1, 0.15) is 90.4 Å². The lowest BCUT2D eigenvalue weighted by atomic mass is 9.84. The van der Waals surface area contributed by atoms with Crippen LogP contribution in [0.2, 0.25) is 5.15 Å². The van der Waals surface area contributed by atoms with Crippen LogP contribution in [0.15, 0.2) is 22.9 Å². The zero-order valence-electron chi connectivity index (χ0n) is 18.2. The van der Waals surface area contributed by atoms with Crippen molar-refractivity contribution in [1.29, 1.82) is 0 Å². The van der Waals surface area contributed by atoms with E-state index in [1.807, 2.05) is 20.8 Å². The van der Waals surface area contributed by atoms with E-state index >= 15 is 0 Å². The van der Waals surface area contributed by atoms with Gasteiger partial charge >= 0.3 is 5.97 Å². The highest BCUT2D eigenvalue weighted by molar-refractivity contribution is 6.29. The first-order valence-corrected chi connectivity index (χ1v) is 11.4. The topological polar surface area (TPSA) is 78.1 Å². The lowest BCUT2D eigenvalue weighted by molar-refractivity contribution is -0.155. The zero-order valence-corrected chi connectivity index (χ0v) is 19.0. The molecule has 2 heterocycles. The maximum atomic E-state index is 12.5. The third kappa shape index (κ3) is 7.08. The van der Waals surface area contributed by atoms with Gasteiger partial charge in [-0.1, -0.05) is 61.7 Å². The first kappa shape index (κ1) is 22.7. The Hall–Kier alpha value is -1.95. The van der Waals surface area contributed by atoms with Crippen LogP contribution in [-0.2, 0) is 9.53 Å². The Morgan fingerprint density at radius 2 is 2.03 bits per heavy atom. The van der Waals surface area contributed by atoms with Crippen LogP contribution in [-0.4, -0.2) is 26.7 Å². The van der Waals surface area contributed by atoms with Gasteiger partial charge < -0.3 is 9.26 Å². The van der Waals surface area contributed by atoms with Crippen LogP contribution in [0.3, 0.4) is 0 Å². The fourth-order valence-electron chi connectivity index (χ4n) is 4.05. The fraction of sp³-hybridized carbons (Fsp3) is 0.652. The lowest BCUT2D eigenvalue weighted by Crippen LogP contribution is -2.25. The predicted octanol–water partition coefficient (Wildman–Crippen LogP) is 6.35. The van der Waals surface area contributed by atoms with E-state index < -0.39 is 5.60 Å². The third-order valence-electron chi connectivity index (χ3n) is 5.50. The summed E-state index contributed by atoms with van der Waals surface area (Å²) in [7, 11) is 0. The molecule has 6 nitrogen and oxygen atoms in total. The van der Waals surface area contributed by atoms with Crippen molar-refractivity contribution in [3.63, 3.8) is 0 Å². The minimum absolute atomic E-state index is 0.148. The molecule has 1 atom stereocenters. The van der Waals surface area contributed by atoms with Gasteiger partial charge in [-0.15, -0.1) is 0 Å². The van der Waals surface area contributed by atoms with E-state index in [0.717, 1.165) is 24.3 Å². The molecule has 1 aliphatic carbocycles. The van der Waals surface area contributed by atoms with Crippen LogP contribution in [0.5, 0.6) is 0 Å². The molecule has 0 bridgehead atoms. The predicted molar refractivity (Wildman–Crippen MR) is 116 cm³/mol. The van der Waals surface area contributed by atoms with E-state index in [0.29, 0.717) is 16.9 Å². The molecule has 0 aromatic carbocycles. The Morgan fingerprint density at radius 3 is 2.70 bits per heavy atom. The normalized spacial score (nSPS) is 16.4. The van der Waals surface area contributed by atoms with Gasteiger partial charge in [0, 0.05) is 17.7 Å². The number of rotatable bonds is 8. The summed E-state index contributed by atoms with van der Waals surface area (Å²) in [5.41, 5.74) is 0.214. The Balaban J connectivity index is 1.67. The number of aromatic nitrogens is 3. The Morgan fingerprint density at radius 1 is 1.27 bits per heavy atom. The number of carbonyl (C=O) groups excluding carboxylic acids is 1. The van der Waals surface area contributed by atoms with Gasteiger partial charge in [0.1, 0.15) is 10.8 Å². The molecule has 7 heteroatoms. The minimum atomic E-state index is -0.515. The molecule has 0 spiro atoms. The Labute approximate surface area is 183 Å². The summed E-state index contributed by atoms with van der Waals surface area (Å²) < 4.78 is 11.1. The minimum Gasteiger partial charge on any atom is -0.460 e. The van der Waals surface area contributed by atoms with E-state index in [9.17, 15) is 4.79 Å². The summed E-state index contributed by atoms with van der Waals surface area (Å²) in [4.78, 5) is 21.1. The number of carbonyl (C=O) groups is 1. The number of pyridine rings is 1. The van der Waals surface area contributed by atoms with E-state index in [1.165, 1.54) is 38.5 Å². The molecule has 30 heavy (non-hydrogen) atoms. The number of hydrogen-bond donors (Lipinski definition) is 0. The first-order chi connectivity index (χ1) is 14.3. The smallest absolute Gasteiger partial charge is 0.307 e. The van der Waals surface area contributed by atoms with Gasteiger partial charge in [-0.25, -0.2) is 4.98 Å². The van der Waals surface area contributed by atoms with Crippen LogP contribution in [0.4, 0.5) is 0 Å². The van der Waals surface area contributed by atoms with Gasteiger partial charge in [0.15, 0.2) is 0 Å². The maximum absolute atomic E-state index is 12.5. The summed E-state index contributed by atoms with van der Waals surface area (Å²) in [6.45, 7) is 5.63. The molecule has 0 radical (unpaired) electrons. The highest BCUT2D eigenvalue weighted by atomic mass is 35.5. The highest BCUT2D eigenvalue weighted by Crippen LogP contribution is 2.32. The van der Waals surface area contributed by atoms with Crippen molar-refractivity contribution in [3.8, 4) is 11.4 Å². The molecule has 0 N–H and O–H groups in total. The summed E-state index contributed by atoms with van der Waals surface area (Å²) >= 11 is 5.86. The number of nitrogens with zero attached hydrogens (tertiary/aromatic N) is 3. The van der Waals surface area contributed by atoms with Gasteiger partial charge in [0.05, 0.1) is 6.42 Å². The van der Waals surface area contributed by atoms with Crippen molar-refractivity contribution in [3.05, 3.63) is 29.4 Å². The number of halogens is 1. The van der Waals surface area contributed by atoms with Crippen molar-refractivity contribution < 1.29 is 14.1 Å². The molecule has 0 aliphatic heterocycles. The molecular formula is C23H32ClN3O3. The molecule has 2 aromatic rings. The van der Waals surface area contributed by atoms with Crippen molar-refractivity contribution in [2.45, 2.75) is 90.1 Å². The standard InChI is InChI=1S/C23H32ClN3O3/c1-23(2,3)29-20(28)14-17(11-7-10-16-8-5-4-6-9-16)22-26-21(27-30-22)18-12-13-19(24)25-15-18/h12-13,15-17H,4-11,14H2,1-3H3. The second-order valence-electron chi connectivity index (χ2n) is 9.25. The number of esters is 1. The largest absolute Gasteiger partial charge is 0.460 e. The summed E-state index contributed by atoms with van der Waals surface area (Å²) in [6, 6.07) is 3.49. The van der Waals surface area contributed by atoms with Gasteiger partial charge in [0.25, 0.3) is 0 Å². The van der Waals surface area contributed by atoms with E-state index in [-0.39, 0.29) is 18.3 Å². The molecule has 2 aromatic heterocycles. The molecule has 1 aliphatic rings. The van der Waals surface area contributed by atoms with E-state index in [4.69, 9.17) is 20.9 Å². The van der Waals surface area contributed by atoms with E-state index in [2.05, 4.69) is 15.1 Å².